The Hall–Kier alpha value is -2.27. The van der Waals surface area contributed by atoms with E-state index in [9.17, 15) is 0 Å². The number of aromatic amines is 1. The summed E-state index contributed by atoms with van der Waals surface area (Å²) in [6.45, 7) is 5.38. The normalized spacial score (nSPS) is 16.5. The summed E-state index contributed by atoms with van der Waals surface area (Å²) in [6, 6.07) is 12.0. The molecule has 1 unspecified atom stereocenters. The zero-order valence-electron chi connectivity index (χ0n) is 18.1. The molecule has 1 aliphatic rings. The van der Waals surface area contributed by atoms with Crippen LogP contribution in [-0.2, 0) is 6.42 Å². The maximum absolute atomic E-state index is 6.40. The number of H-pyrrole nitrogens is 1. The number of furan rings is 1. The minimum atomic E-state index is 0. The molecule has 1 fully saturated rings. The average Bonchev–Trinajstić information content (AvgIpc) is 3.46. The number of piperidine rings is 1. The summed E-state index contributed by atoms with van der Waals surface area (Å²) in [7, 11) is 0. The van der Waals surface area contributed by atoms with Crippen LogP contribution in [0.4, 0.5) is 5.69 Å². The van der Waals surface area contributed by atoms with Crippen LogP contribution in [-0.4, -0.2) is 53.4 Å². The highest BCUT2D eigenvalue weighted by atomic mass is 127. The number of aliphatic imine (C=N–C) groups is 1. The number of nitrogens with zero attached hydrogens (tertiary/aromatic N) is 4. The molecule has 0 radical (unpaired) electrons. The van der Waals surface area contributed by atoms with Crippen molar-refractivity contribution in [2.45, 2.75) is 32.2 Å². The third-order valence-electron chi connectivity index (χ3n) is 5.19. The summed E-state index contributed by atoms with van der Waals surface area (Å²) in [5, 5.41) is 14.9. The average molecular weight is 570 g/mol. The molecule has 3 N–H and O–H groups in total. The first-order valence-corrected chi connectivity index (χ1v) is 11.1. The van der Waals surface area contributed by atoms with E-state index in [2.05, 4.69) is 43.7 Å². The zero-order valence-corrected chi connectivity index (χ0v) is 21.1. The van der Waals surface area contributed by atoms with Gasteiger partial charge in [0.15, 0.2) is 11.7 Å². The number of guanidine groups is 1. The van der Waals surface area contributed by atoms with Gasteiger partial charge in [-0.25, -0.2) is 4.98 Å². The van der Waals surface area contributed by atoms with Gasteiger partial charge in [0.05, 0.1) is 17.0 Å². The van der Waals surface area contributed by atoms with E-state index in [1.807, 2.05) is 30.3 Å². The lowest BCUT2D eigenvalue weighted by Crippen LogP contribution is -2.51. The predicted octanol–water partition coefficient (Wildman–Crippen LogP) is 4.10. The third kappa shape index (κ3) is 6.38. The highest BCUT2D eigenvalue weighted by molar-refractivity contribution is 14.0. The maximum atomic E-state index is 6.40. The van der Waals surface area contributed by atoms with Crippen molar-refractivity contribution in [1.29, 1.82) is 0 Å². The summed E-state index contributed by atoms with van der Waals surface area (Å²) in [5.41, 5.74) is 1.09. The van der Waals surface area contributed by atoms with E-state index >= 15 is 0 Å². The van der Waals surface area contributed by atoms with Gasteiger partial charge in [0.1, 0.15) is 5.82 Å². The van der Waals surface area contributed by atoms with Crippen molar-refractivity contribution >= 4 is 47.2 Å². The Morgan fingerprint density at radius 2 is 2.19 bits per heavy atom. The molecular weight excluding hydrogens is 541 g/mol. The number of rotatable bonds is 7. The molecule has 32 heavy (non-hydrogen) atoms. The zero-order chi connectivity index (χ0) is 21.5. The lowest BCUT2D eigenvalue weighted by molar-refractivity contribution is 0.468. The highest BCUT2D eigenvalue weighted by Crippen LogP contribution is 2.27. The Balaban J connectivity index is 0.00000289. The fraction of sp³-hybridized carbons (Fsp3) is 0.409. The van der Waals surface area contributed by atoms with Crippen molar-refractivity contribution in [3.05, 3.63) is 53.5 Å². The molecule has 1 atom stereocenters. The molecule has 3 heterocycles. The monoisotopic (exact) mass is 569 g/mol. The second-order valence-electron chi connectivity index (χ2n) is 7.47. The van der Waals surface area contributed by atoms with Crippen LogP contribution in [0.1, 0.15) is 25.6 Å². The summed E-state index contributed by atoms with van der Waals surface area (Å²) in [6.07, 6.45) is 4.48. The molecule has 8 nitrogen and oxygen atoms in total. The van der Waals surface area contributed by atoms with Crippen LogP contribution in [0, 0.1) is 0 Å². The Kier molecular flexibility index (Phi) is 9.22. The number of hydrogen-bond acceptors (Lipinski definition) is 5. The molecule has 0 amide bonds. The third-order valence-corrected chi connectivity index (χ3v) is 5.51. The Morgan fingerprint density at radius 1 is 1.31 bits per heavy atom. The Bertz CT molecular complexity index is 992. The Morgan fingerprint density at radius 3 is 2.97 bits per heavy atom. The number of aromatic nitrogens is 3. The molecule has 10 heteroatoms. The lowest BCUT2D eigenvalue weighted by Gasteiger charge is -2.35. The molecular formula is C22H29ClIN7O. The minimum absolute atomic E-state index is 0. The summed E-state index contributed by atoms with van der Waals surface area (Å²) in [4.78, 5) is 11.5. The van der Waals surface area contributed by atoms with Crippen molar-refractivity contribution in [1.82, 2.24) is 25.8 Å². The fourth-order valence-corrected chi connectivity index (χ4v) is 3.99. The quantitative estimate of drug-likeness (QED) is 0.225. The largest absolute Gasteiger partial charge is 0.461 e. The first kappa shape index (κ1) is 24.4. The van der Waals surface area contributed by atoms with Crippen LogP contribution in [0.3, 0.4) is 0 Å². The standard InChI is InChI=1S/C22H28ClN7O.HI/c1-2-24-22(25-12-11-20-27-21(29-28-20)19-10-6-14-31-19)26-16-7-5-13-30(15-16)18-9-4-3-8-17(18)23;/h3-4,6,8-10,14,16H,2,5,7,11-13,15H2,1H3,(H2,24,25,26)(H,27,28,29);1H. The van der Waals surface area contributed by atoms with Gasteiger partial charge in [-0.15, -0.1) is 24.0 Å². The van der Waals surface area contributed by atoms with E-state index in [4.69, 9.17) is 21.0 Å². The SMILES string of the molecule is CCNC(=NCCc1nc(-c2ccco2)n[nH]1)NC1CCCN(c2ccccc2Cl)C1.I. The second kappa shape index (κ2) is 12.1. The molecule has 0 bridgehead atoms. The van der Waals surface area contributed by atoms with Gasteiger partial charge in [-0.05, 0) is 44.0 Å². The van der Waals surface area contributed by atoms with Gasteiger partial charge in [0, 0.05) is 38.6 Å². The van der Waals surface area contributed by atoms with E-state index < -0.39 is 0 Å². The van der Waals surface area contributed by atoms with Gasteiger partial charge in [0.25, 0.3) is 0 Å². The van der Waals surface area contributed by atoms with E-state index in [1.54, 1.807) is 6.26 Å². The van der Waals surface area contributed by atoms with E-state index in [0.717, 1.165) is 55.0 Å². The number of para-hydroxylation sites is 1. The van der Waals surface area contributed by atoms with Crippen LogP contribution in [0.25, 0.3) is 11.6 Å². The van der Waals surface area contributed by atoms with Crippen molar-refractivity contribution in [2.24, 2.45) is 4.99 Å². The van der Waals surface area contributed by atoms with E-state index in [0.29, 0.717) is 30.6 Å². The molecule has 3 aromatic rings. The van der Waals surface area contributed by atoms with Gasteiger partial charge in [-0.2, -0.15) is 5.10 Å². The van der Waals surface area contributed by atoms with E-state index in [1.165, 1.54) is 0 Å². The topological polar surface area (TPSA) is 94.4 Å². The smallest absolute Gasteiger partial charge is 0.216 e. The van der Waals surface area contributed by atoms with Crippen molar-refractivity contribution in [2.75, 3.05) is 31.1 Å². The highest BCUT2D eigenvalue weighted by Gasteiger charge is 2.22. The molecule has 1 saturated heterocycles. The minimum Gasteiger partial charge on any atom is -0.461 e. The van der Waals surface area contributed by atoms with Gasteiger partial charge < -0.3 is 20.0 Å². The molecule has 0 aliphatic carbocycles. The van der Waals surface area contributed by atoms with Crippen LogP contribution in [0.5, 0.6) is 0 Å². The number of halogens is 2. The summed E-state index contributed by atoms with van der Waals surface area (Å²) in [5.74, 6) is 2.82. The number of anilines is 1. The van der Waals surface area contributed by atoms with Crippen molar-refractivity contribution < 1.29 is 4.42 Å². The lowest BCUT2D eigenvalue weighted by atomic mass is 10.0. The van der Waals surface area contributed by atoms with Crippen molar-refractivity contribution in [3.8, 4) is 11.6 Å². The summed E-state index contributed by atoms with van der Waals surface area (Å²) < 4.78 is 5.34. The first-order chi connectivity index (χ1) is 15.2. The van der Waals surface area contributed by atoms with Crippen LogP contribution < -0.4 is 15.5 Å². The predicted molar refractivity (Wildman–Crippen MR) is 139 cm³/mol. The molecule has 1 aromatic carbocycles. The van der Waals surface area contributed by atoms with Gasteiger partial charge in [-0.1, -0.05) is 23.7 Å². The number of benzene rings is 1. The van der Waals surface area contributed by atoms with Gasteiger partial charge >= 0.3 is 0 Å². The van der Waals surface area contributed by atoms with Crippen molar-refractivity contribution in [3.63, 3.8) is 0 Å². The van der Waals surface area contributed by atoms with Crippen LogP contribution in [0.2, 0.25) is 5.02 Å². The first-order valence-electron chi connectivity index (χ1n) is 10.7. The molecule has 1 aliphatic heterocycles. The van der Waals surface area contributed by atoms with Crippen LogP contribution >= 0.6 is 35.6 Å². The number of nitrogens with one attached hydrogen (secondary N) is 3. The summed E-state index contributed by atoms with van der Waals surface area (Å²) >= 11 is 6.40. The molecule has 0 spiro atoms. The van der Waals surface area contributed by atoms with E-state index in [-0.39, 0.29) is 24.0 Å². The van der Waals surface area contributed by atoms with Gasteiger partial charge in [0.2, 0.25) is 5.82 Å². The maximum Gasteiger partial charge on any atom is 0.216 e. The number of hydrogen-bond donors (Lipinski definition) is 3. The van der Waals surface area contributed by atoms with Crippen LogP contribution in [0.15, 0.2) is 52.1 Å². The fourth-order valence-electron chi connectivity index (χ4n) is 3.73. The molecule has 172 valence electrons. The molecule has 0 saturated carbocycles. The molecule has 2 aromatic heterocycles. The molecule has 4 rings (SSSR count). The second-order valence-corrected chi connectivity index (χ2v) is 7.88. The Labute approximate surface area is 210 Å². The van der Waals surface area contributed by atoms with Gasteiger partial charge in [-0.3, -0.25) is 10.1 Å².